The second kappa shape index (κ2) is 13.9. The molecule has 238 valence electrons. The average molecular weight is 629 g/mol. The fraction of sp³-hybridized carbons (Fsp3) is 0.167. The highest BCUT2D eigenvalue weighted by Gasteiger charge is 2.43. The highest BCUT2D eigenvalue weighted by molar-refractivity contribution is 6.11. The van der Waals surface area contributed by atoms with E-state index in [1.165, 1.54) is 16.7 Å². The number of anilines is 1. The summed E-state index contributed by atoms with van der Waals surface area (Å²) in [5.41, 5.74) is 9.32. The zero-order valence-corrected chi connectivity index (χ0v) is 28.0. The number of nitrogens with zero attached hydrogens (tertiary/aromatic N) is 6. The Morgan fingerprint density at radius 2 is 1.56 bits per heavy atom. The molecule has 6 nitrogen and oxygen atoms in total. The Morgan fingerprint density at radius 3 is 2.25 bits per heavy atom. The molecule has 2 aliphatic rings. The molecule has 0 saturated carbocycles. The Balaban J connectivity index is 1.30. The quantitative estimate of drug-likeness (QED) is 0.111. The molecule has 1 unspecified atom stereocenters. The molecule has 0 radical (unpaired) electrons. The van der Waals surface area contributed by atoms with E-state index in [-0.39, 0.29) is 11.5 Å². The maximum Gasteiger partial charge on any atom is 0.178 e. The van der Waals surface area contributed by atoms with Crippen LogP contribution in [0.15, 0.2) is 162 Å². The van der Waals surface area contributed by atoms with Crippen LogP contribution < -0.4 is 4.90 Å². The fourth-order valence-electron chi connectivity index (χ4n) is 6.28. The maximum absolute atomic E-state index is 4.86. The lowest BCUT2D eigenvalue weighted by atomic mass is 9.68. The largest absolute Gasteiger partial charge is 0.319 e. The maximum atomic E-state index is 4.86. The van der Waals surface area contributed by atoms with Gasteiger partial charge in [0.15, 0.2) is 5.84 Å². The van der Waals surface area contributed by atoms with Crippen LogP contribution in [-0.4, -0.2) is 32.5 Å². The molecule has 3 aromatic heterocycles. The third kappa shape index (κ3) is 6.56. The summed E-state index contributed by atoms with van der Waals surface area (Å²) in [6.07, 6.45) is 19.0. The van der Waals surface area contributed by atoms with E-state index in [4.69, 9.17) is 15.0 Å². The molecule has 6 rings (SSSR count). The van der Waals surface area contributed by atoms with E-state index in [0.29, 0.717) is 17.2 Å². The third-order valence-corrected chi connectivity index (χ3v) is 8.85. The van der Waals surface area contributed by atoms with E-state index < -0.39 is 0 Å². The first-order chi connectivity index (χ1) is 23.3. The van der Waals surface area contributed by atoms with E-state index >= 15 is 0 Å². The van der Waals surface area contributed by atoms with Gasteiger partial charge in [-0.15, -0.1) is 0 Å². The Morgan fingerprint density at radius 1 is 0.854 bits per heavy atom. The van der Waals surface area contributed by atoms with E-state index in [9.17, 15) is 0 Å². The topological polar surface area (TPSA) is 66.6 Å². The summed E-state index contributed by atoms with van der Waals surface area (Å²) in [5, 5.41) is 0. The number of rotatable bonds is 8. The molecular formula is C42H40N6. The summed E-state index contributed by atoms with van der Waals surface area (Å²) in [5.74, 6) is 1.46. The second-order valence-corrected chi connectivity index (χ2v) is 12.3. The van der Waals surface area contributed by atoms with Crippen LogP contribution in [0.3, 0.4) is 0 Å². The van der Waals surface area contributed by atoms with Crippen molar-refractivity contribution >= 4 is 28.6 Å². The standard InChI is InChI=1S/C42H40N6/c1-7-8-9-15-29(2)48-39-24-23-34(28-36(39)42(5,6)35-16-14-27-45-41(35)48)33-21-19-32(20-22-33)30(3)46-40(38-18-11-13-26-44-38)47-31(4)37-17-10-12-25-43-37/h7-23,25-28,39H,2-3,24H2,1,4-6H3/b8-7-,15-9-,46-40?,47-31?. The van der Waals surface area contributed by atoms with Crippen LogP contribution in [0.25, 0.3) is 11.3 Å². The number of allylic oxidation sites excluding steroid dienone is 6. The lowest BCUT2D eigenvalue weighted by Crippen LogP contribution is -2.47. The number of aromatic nitrogens is 3. The summed E-state index contributed by atoms with van der Waals surface area (Å²) < 4.78 is 0. The van der Waals surface area contributed by atoms with Crippen molar-refractivity contribution in [1.29, 1.82) is 0 Å². The summed E-state index contributed by atoms with van der Waals surface area (Å²) >= 11 is 0. The van der Waals surface area contributed by atoms with Gasteiger partial charge in [0, 0.05) is 35.3 Å². The lowest BCUT2D eigenvalue weighted by Gasteiger charge is -2.48. The molecular weight excluding hydrogens is 589 g/mol. The Labute approximate surface area is 283 Å². The first-order valence-corrected chi connectivity index (χ1v) is 16.2. The van der Waals surface area contributed by atoms with Gasteiger partial charge in [-0.3, -0.25) is 9.97 Å². The van der Waals surface area contributed by atoms with Gasteiger partial charge >= 0.3 is 0 Å². The minimum atomic E-state index is -0.198. The predicted molar refractivity (Wildman–Crippen MR) is 200 cm³/mol. The second-order valence-electron chi connectivity index (χ2n) is 12.3. The van der Waals surface area contributed by atoms with Gasteiger partial charge in [-0.25, -0.2) is 15.0 Å². The molecule has 1 aliphatic carbocycles. The number of aliphatic imine (C=N–C) groups is 2. The van der Waals surface area contributed by atoms with Gasteiger partial charge in [0.25, 0.3) is 0 Å². The molecule has 0 saturated heterocycles. The van der Waals surface area contributed by atoms with Crippen molar-refractivity contribution in [2.75, 3.05) is 4.90 Å². The van der Waals surface area contributed by atoms with Gasteiger partial charge in [0.2, 0.25) is 0 Å². The van der Waals surface area contributed by atoms with Crippen LogP contribution in [-0.2, 0) is 5.41 Å². The van der Waals surface area contributed by atoms with Gasteiger partial charge in [-0.05, 0) is 78.9 Å². The zero-order chi connectivity index (χ0) is 33.7. The van der Waals surface area contributed by atoms with Crippen LogP contribution in [0.1, 0.15) is 62.2 Å². The summed E-state index contributed by atoms with van der Waals surface area (Å²) in [6, 6.07) is 24.2. The van der Waals surface area contributed by atoms with Crippen molar-refractivity contribution in [3.63, 3.8) is 0 Å². The van der Waals surface area contributed by atoms with Crippen molar-refractivity contribution < 1.29 is 0 Å². The van der Waals surface area contributed by atoms with E-state index in [1.807, 2.05) is 80.7 Å². The molecule has 4 aromatic rings. The van der Waals surface area contributed by atoms with E-state index in [1.54, 1.807) is 12.4 Å². The van der Waals surface area contributed by atoms with Crippen molar-refractivity contribution in [2.45, 2.75) is 45.6 Å². The molecule has 1 atom stereocenters. The molecule has 0 amide bonds. The molecule has 0 fully saturated rings. The van der Waals surface area contributed by atoms with Crippen molar-refractivity contribution in [3.05, 3.63) is 180 Å². The molecule has 0 N–H and O–H groups in total. The van der Waals surface area contributed by atoms with Crippen molar-refractivity contribution in [3.8, 4) is 0 Å². The van der Waals surface area contributed by atoms with Gasteiger partial charge in [0.1, 0.15) is 11.5 Å². The average Bonchev–Trinajstić information content (AvgIpc) is 3.12. The summed E-state index contributed by atoms with van der Waals surface area (Å²) in [4.78, 5) is 25.8. The molecule has 0 bridgehead atoms. The first-order valence-electron chi connectivity index (χ1n) is 16.2. The summed E-state index contributed by atoms with van der Waals surface area (Å²) in [6.45, 7) is 17.3. The van der Waals surface area contributed by atoms with E-state index in [2.05, 4.69) is 90.4 Å². The minimum absolute atomic E-state index is 0.127. The molecule has 6 heteroatoms. The zero-order valence-electron chi connectivity index (χ0n) is 28.0. The van der Waals surface area contributed by atoms with Crippen LogP contribution >= 0.6 is 0 Å². The van der Waals surface area contributed by atoms with Crippen LogP contribution in [0.2, 0.25) is 0 Å². The highest BCUT2D eigenvalue weighted by Crippen LogP contribution is 2.49. The number of pyridine rings is 3. The van der Waals surface area contributed by atoms with Crippen LogP contribution in [0, 0.1) is 0 Å². The highest BCUT2D eigenvalue weighted by atomic mass is 15.2. The Kier molecular flexibility index (Phi) is 9.35. The van der Waals surface area contributed by atoms with Crippen molar-refractivity contribution in [2.24, 2.45) is 9.98 Å². The molecule has 1 aliphatic heterocycles. The predicted octanol–water partition coefficient (Wildman–Crippen LogP) is 9.32. The Hall–Kier alpha value is -5.75. The smallest absolute Gasteiger partial charge is 0.178 e. The molecule has 48 heavy (non-hydrogen) atoms. The monoisotopic (exact) mass is 628 g/mol. The SMILES string of the molecule is C=C(N=C(N=C(C)c1ccccn1)c1ccccn1)c1ccc(C2=CCC3C(=C2)C(C)(C)c2cccnc2N3C(=C)/C=C\C=C/C)cc1. The lowest BCUT2D eigenvalue weighted by molar-refractivity contribution is 0.512. The first kappa shape index (κ1) is 32.2. The minimum Gasteiger partial charge on any atom is -0.319 e. The van der Waals surface area contributed by atoms with Gasteiger partial charge in [-0.2, -0.15) is 0 Å². The number of hydrogen-bond donors (Lipinski definition) is 0. The Bertz CT molecular complexity index is 2010. The van der Waals surface area contributed by atoms with Gasteiger partial charge in [-0.1, -0.05) is 99.9 Å². The van der Waals surface area contributed by atoms with Crippen molar-refractivity contribution in [1.82, 2.24) is 15.0 Å². The normalized spacial score (nSPS) is 17.5. The molecule has 1 aromatic carbocycles. The molecule has 4 heterocycles. The number of fused-ring (bicyclic) bond motifs is 2. The van der Waals surface area contributed by atoms with Gasteiger partial charge < -0.3 is 4.90 Å². The van der Waals surface area contributed by atoms with Crippen LogP contribution in [0.4, 0.5) is 5.82 Å². The molecule has 0 spiro atoms. The third-order valence-electron chi connectivity index (χ3n) is 8.85. The number of benzene rings is 1. The van der Waals surface area contributed by atoms with Gasteiger partial charge in [0.05, 0.1) is 23.1 Å². The number of hydrogen-bond acceptors (Lipinski definition) is 5. The van der Waals surface area contributed by atoms with Crippen LogP contribution in [0.5, 0.6) is 0 Å². The fourth-order valence-corrected chi connectivity index (χ4v) is 6.28. The summed E-state index contributed by atoms with van der Waals surface area (Å²) in [7, 11) is 0. The van der Waals surface area contributed by atoms with E-state index in [0.717, 1.165) is 40.5 Å². The number of amidine groups is 1.